The summed E-state index contributed by atoms with van der Waals surface area (Å²) in [4.78, 5) is 12.5. The smallest absolute Gasteiger partial charge is 0.223 e. The van der Waals surface area contributed by atoms with E-state index in [1.54, 1.807) is 11.9 Å². The van der Waals surface area contributed by atoms with Crippen molar-refractivity contribution in [2.45, 2.75) is 6.42 Å². The predicted molar refractivity (Wildman–Crippen MR) is 37.7 cm³/mol. The Labute approximate surface area is 59.5 Å². The topological polar surface area (TPSA) is 70.2 Å². The van der Waals surface area contributed by atoms with E-state index in [0.717, 1.165) is 0 Å². The van der Waals surface area contributed by atoms with Gasteiger partial charge in [-0.2, -0.15) is 0 Å². The lowest BCUT2D eigenvalue weighted by atomic mass is 10.1. The van der Waals surface area contributed by atoms with E-state index in [1.807, 2.05) is 0 Å². The minimum atomic E-state index is -0.0440. The van der Waals surface area contributed by atoms with Gasteiger partial charge in [0.15, 0.2) is 0 Å². The summed E-state index contributed by atoms with van der Waals surface area (Å²) in [5.74, 6) is 0.162. The third kappa shape index (κ3) is 1.10. The summed E-state index contributed by atoms with van der Waals surface area (Å²) < 4.78 is 0. The van der Waals surface area contributed by atoms with Crippen LogP contribution in [0.2, 0.25) is 0 Å². The Hall–Kier alpha value is -1.06. The number of carbonyl (C=O) groups excluding carboxylic acids is 1. The van der Waals surface area contributed by atoms with E-state index in [0.29, 0.717) is 13.0 Å². The van der Waals surface area contributed by atoms with E-state index >= 15 is 0 Å². The molecule has 0 radical (unpaired) electrons. The Balaban J connectivity index is 2.57. The third-order valence-electron chi connectivity index (χ3n) is 1.78. The summed E-state index contributed by atoms with van der Waals surface area (Å²) in [5, 5.41) is 7.07. The van der Waals surface area contributed by atoms with Gasteiger partial charge in [0, 0.05) is 25.9 Å². The van der Waals surface area contributed by atoms with Crippen LogP contribution in [0.1, 0.15) is 6.42 Å². The second-order valence-corrected chi connectivity index (χ2v) is 2.63. The second-order valence-electron chi connectivity index (χ2n) is 2.63. The van der Waals surface area contributed by atoms with Crippen molar-refractivity contribution < 1.29 is 4.79 Å². The van der Waals surface area contributed by atoms with Crippen LogP contribution in [-0.4, -0.2) is 30.2 Å². The second kappa shape index (κ2) is 2.28. The van der Waals surface area contributed by atoms with E-state index in [9.17, 15) is 4.79 Å². The number of rotatable bonds is 1. The lowest BCUT2D eigenvalue weighted by Crippen LogP contribution is -2.25. The van der Waals surface area contributed by atoms with Gasteiger partial charge in [0.1, 0.15) is 0 Å². The number of nitrogens with zero attached hydrogens (tertiary/aromatic N) is 1. The standard InChI is InChI=1S/C6H11N3O/c1-9-3-4(6(7)8)2-5(9)10/h4H,2-3H2,1H3,(H3,7,8)/t4-/m0/s1. The average molecular weight is 141 g/mol. The van der Waals surface area contributed by atoms with Crippen molar-refractivity contribution >= 4 is 11.7 Å². The molecule has 1 aliphatic rings. The van der Waals surface area contributed by atoms with Crippen molar-refractivity contribution in [3.63, 3.8) is 0 Å². The fraction of sp³-hybridized carbons (Fsp3) is 0.667. The summed E-state index contributed by atoms with van der Waals surface area (Å²) in [5.41, 5.74) is 5.23. The summed E-state index contributed by atoms with van der Waals surface area (Å²) in [6.07, 6.45) is 0.409. The van der Waals surface area contributed by atoms with Crippen molar-refractivity contribution in [2.75, 3.05) is 13.6 Å². The summed E-state index contributed by atoms with van der Waals surface area (Å²) in [7, 11) is 1.73. The molecule has 1 saturated heterocycles. The highest BCUT2D eigenvalue weighted by molar-refractivity contribution is 5.89. The molecular weight excluding hydrogens is 130 g/mol. The van der Waals surface area contributed by atoms with Crippen molar-refractivity contribution in [3.8, 4) is 0 Å². The van der Waals surface area contributed by atoms with Crippen molar-refractivity contribution in [2.24, 2.45) is 11.7 Å². The molecule has 0 saturated carbocycles. The van der Waals surface area contributed by atoms with Crippen LogP contribution in [0.3, 0.4) is 0 Å². The highest BCUT2D eigenvalue weighted by Gasteiger charge is 2.28. The molecule has 1 rings (SSSR count). The minimum Gasteiger partial charge on any atom is -0.387 e. The van der Waals surface area contributed by atoms with E-state index < -0.39 is 0 Å². The molecule has 0 bridgehead atoms. The van der Waals surface area contributed by atoms with Crippen molar-refractivity contribution in [1.29, 1.82) is 5.41 Å². The van der Waals surface area contributed by atoms with Gasteiger partial charge < -0.3 is 10.6 Å². The first-order chi connectivity index (χ1) is 4.61. The first-order valence-corrected chi connectivity index (χ1v) is 3.19. The first kappa shape index (κ1) is 7.05. The van der Waals surface area contributed by atoms with Crippen LogP contribution < -0.4 is 5.73 Å². The maximum absolute atomic E-state index is 10.9. The maximum atomic E-state index is 10.9. The molecule has 4 heteroatoms. The normalized spacial score (nSPS) is 25.5. The quantitative estimate of drug-likeness (QED) is 0.378. The Bertz CT molecular complexity index is 178. The molecular formula is C6H11N3O. The molecule has 0 aromatic heterocycles. The van der Waals surface area contributed by atoms with Gasteiger partial charge in [0.2, 0.25) is 5.91 Å². The van der Waals surface area contributed by atoms with E-state index in [2.05, 4.69) is 0 Å². The first-order valence-electron chi connectivity index (χ1n) is 3.19. The Morgan fingerprint density at radius 1 is 1.90 bits per heavy atom. The lowest BCUT2D eigenvalue weighted by molar-refractivity contribution is -0.126. The van der Waals surface area contributed by atoms with Gasteiger partial charge in [-0.3, -0.25) is 10.2 Å². The predicted octanol–water partition coefficient (Wildman–Crippen LogP) is -0.599. The van der Waals surface area contributed by atoms with E-state index in [1.165, 1.54) is 0 Å². The van der Waals surface area contributed by atoms with Crippen molar-refractivity contribution in [1.82, 2.24) is 4.90 Å². The van der Waals surface area contributed by atoms with Gasteiger partial charge in [-0.05, 0) is 0 Å². The summed E-state index contributed by atoms with van der Waals surface area (Å²) in [6, 6.07) is 0. The molecule has 1 heterocycles. The number of nitrogens with one attached hydrogen (secondary N) is 1. The number of likely N-dealkylation sites (tertiary alicyclic amines) is 1. The molecule has 0 spiro atoms. The van der Waals surface area contributed by atoms with Crippen molar-refractivity contribution in [3.05, 3.63) is 0 Å². The van der Waals surface area contributed by atoms with E-state index in [4.69, 9.17) is 11.1 Å². The zero-order valence-electron chi connectivity index (χ0n) is 5.92. The van der Waals surface area contributed by atoms with Gasteiger partial charge in [0.05, 0.1) is 5.84 Å². The number of amides is 1. The molecule has 0 unspecified atom stereocenters. The Morgan fingerprint density at radius 2 is 2.50 bits per heavy atom. The molecule has 1 fully saturated rings. The molecule has 0 aromatic carbocycles. The van der Waals surface area contributed by atoms with E-state index in [-0.39, 0.29) is 17.7 Å². The Kier molecular flexibility index (Phi) is 1.61. The molecule has 3 N–H and O–H groups in total. The fourth-order valence-corrected chi connectivity index (χ4v) is 1.07. The minimum absolute atomic E-state index is 0.0440. The molecule has 0 aliphatic carbocycles. The number of hydrogen-bond donors (Lipinski definition) is 2. The molecule has 1 amide bonds. The zero-order valence-corrected chi connectivity index (χ0v) is 5.92. The molecule has 1 aliphatic heterocycles. The van der Waals surface area contributed by atoms with Crippen LogP contribution in [0, 0.1) is 11.3 Å². The Morgan fingerprint density at radius 3 is 2.70 bits per heavy atom. The van der Waals surface area contributed by atoms with Crippen LogP contribution >= 0.6 is 0 Å². The van der Waals surface area contributed by atoms with Crippen LogP contribution in [0.25, 0.3) is 0 Å². The zero-order chi connectivity index (χ0) is 7.72. The number of carbonyl (C=O) groups is 1. The monoisotopic (exact) mass is 141 g/mol. The molecule has 0 aromatic rings. The molecule has 56 valence electrons. The SMILES string of the molecule is CN1C[C@@H](C(=N)N)CC1=O. The third-order valence-corrected chi connectivity index (χ3v) is 1.78. The lowest BCUT2D eigenvalue weighted by Gasteiger charge is -2.07. The van der Waals surface area contributed by atoms with Gasteiger partial charge in [-0.25, -0.2) is 0 Å². The number of hydrogen-bond acceptors (Lipinski definition) is 2. The number of amidine groups is 1. The molecule has 4 nitrogen and oxygen atoms in total. The highest BCUT2D eigenvalue weighted by atomic mass is 16.2. The maximum Gasteiger partial charge on any atom is 0.223 e. The molecule has 1 atom stereocenters. The average Bonchev–Trinajstić information content (AvgIpc) is 2.13. The molecule has 10 heavy (non-hydrogen) atoms. The fourth-order valence-electron chi connectivity index (χ4n) is 1.07. The van der Waals surface area contributed by atoms with Gasteiger partial charge in [-0.15, -0.1) is 0 Å². The highest BCUT2D eigenvalue weighted by Crippen LogP contribution is 2.14. The summed E-state index contributed by atoms with van der Waals surface area (Å²) >= 11 is 0. The largest absolute Gasteiger partial charge is 0.387 e. The van der Waals surface area contributed by atoms with Crippen LogP contribution in [0.4, 0.5) is 0 Å². The summed E-state index contributed by atoms with van der Waals surface area (Å²) in [6.45, 7) is 0.605. The van der Waals surface area contributed by atoms with Crippen LogP contribution in [0.5, 0.6) is 0 Å². The number of nitrogens with two attached hydrogens (primary N) is 1. The van der Waals surface area contributed by atoms with Gasteiger partial charge in [0.25, 0.3) is 0 Å². The van der Waals surface area contributed by atoms with Crippen LogP contribution in [-0.2, 0) is 4.79 Å². The van der Waals surface area contributed by atoms with Gasteiger partial charge in [-0.1, -0.05) is 0 Å². The van der Waals surface area contributed by atoms with Crippen LogP contribution in [0.15, 0.2) is 0 Å². The van der Waals surface area contributed by atoms with Gasteiger partial charge >= 0.3 is 0 Å².